The van der Waals surface area contributed by atoms with Crippen molar-refractivity contribution in [2.75, 3.05) is 0 Å². The first kappa shape index (κ1) is 15.3. The van der Waals surface area contributed by atoms with E-state index in [2.05, 4.69) is 5.32 Å². The normalized spacial score (nSPS) is 12.2. The number of hydrogen-bond donors (Lipinski definition) is 3. The van der Waals surface area contributed by atoms with Crippen molar-refractivity contribution in [3.8, 4) is 5.75 Å². The fourth-order valence-electron chi connectivity index (χ4n) is 1.62. The smallest absolute Gasteiger partial charge is 0.326 e. The van der Waals surface area contributed by atoms with Gasteiger partial charge in [-0.3, -0.25) is 4.79 Å². The van der Waals surface area contributed by atoms with Crippen LogP contribution in [-0.4, -0.2) is 28.1 Å². The molecular formula is C13H16ClNO4. The van der Waals surface area contributed by atoms with Gasteiger partial charge >= 0.3 is 5.97 Å². The standard InChI is InChI=1S/C13H16ClNO4/c1-7(2)5-11(13(18)19)15-12(17)9-6-8(16)3-4-10(9)14/h3-4,6-7,11,16H,5H2,1-2H3,(H,15,17)(H,18,19). The summed E-state index contributed by atoms with van der Waals surface area (Å²) in [5.74, 6) is -1.70. The van der Waals surface area contributed by atoms with Crippen molar-refractivity contribution in [3.05, 3.63) is 28.8 Å². The second kappa shape index (κ2) is 6.43. The molecule has 0 spiro atoms. The summed E-state index contributed by atoms with van der Waals surface area (Å²) in [6, 6.07) is 2.95. The van der Waals surface area contributed by atoms with E-state index in [1.807, 2.05) is 13.8 Å². The lowest BCUT2D eigenvalue weighted by atomic mass is 10.0. The first-order valence-electron chi connectivity index (χ1n) is 5.83. The highest BCUT2D eigenvalue weighted by molar-refractivity contribution is 6.33. The maximum absolute atomic E-state index is 11.9. The zero-order valence-corrected chi connectivity index (χ0v) is 11.4. The lowest BCUT2D eigenvalue weighted by molar-refractivity contribution is -0.139. The Kier molecular flexibility index (Phi) is 5.18. The second-order valence-electron chi connectivity index (χ2n) is 4.66. The molecular weight excluding hydrogens is 270 g/mol. The SMILES string of the molecule is CC(C)CC(NC(=O)c1cc(O)ccc1Cl)C(=O)O. The first-order valence-corrected chi connectivity index (χ1v) is 6.21. The Labute approximate surface area is 116 Å². The summed E-state index contributed by atoms with van der Waals surface area (Å²) >= 11 is 5.84. The summed E-state index contributed by atoms with van der Waals surface area (Å²) in [5.41, 5.74) is 0.0525. The van der Waals surface area contributed by atoms with Crippen LogP contribution in [0.3, 0.4) is 0 Å². The van der Waals surface area contributed by atoms with Gasteiger partial charge in [0.05, 0.1) is 10.6 Å². The number of rotatable bonds is 5. The zero-order chi connectivity index (χ0) is 14.6. The molecule has 0 saturated carbocycles. The fourth-order valence-corrected chi connectivity index (χ4v) is 1.82. The van der Waals surface area contributed by atoms with Gasteiger partial charge in [-0.2, -0.15) is 0 Å². The summed E-state index contributed by atoms with van der Waals surface area (Å²) in [5, 5.41) is 20.9. The van der Waals surface area contributed by atoms with Crippen LogP contribution in [0.4, 0.5) is 0 Å². The molecule has 0 heterocycles. The first-order chi connectivity index (χ1) is 8.81. The van der Waals surface area contributed by atoms with Crippen LogP contribution in [0.1, 0.15) is 30.6 Å². The van der Waals surface area contributed by atoms with Crippen molar-refractivity contribution < 1.29 is 19.8 Å². The van der Waals surface area contributed by atoms with E-state index in [4.69, 9.17) is 16.7 Å². The van der Waals surface area contributed by atoms with E-state index in [0.717, 1.165) is 0 Å². The van der Waals surface area contributed by atoms with Gasteiger partial charge in [0.15, 0.2) is 0 Å². The number of carbonyl (C=O) groups is 2. The third kappa shape index (κ3) is 4.44. The summed E-state index contributed by atoms with van der Waals surface area (Å²) in [7, 11) is 0. The van der Waals surface area contributed by atoms with Gasteiger partial charge in [-0.05, 0) is 30.5 Å². The number of carbonyl (C=O) groups excluding carboxylic acids is 1. The molecule has 1 aromatic carbocycles. The molecule has 1 aromatic rings. The number of halogens is 1. The molecule has 19 heavy (non-hydrogen) atoms. The highest BCUT2D eigenvalue weighted by atomic mass is 35.5. The molecule has 6 heteroatoms. The van der Waals surface area contributed by atoms with E-state index >= 15 is 0 Å². The number of phenolic OH excluding ortho intramolecular Hbond substituents is 1. The summed E-state index contributed by atoms with van der Waals surface area (Å²) < 4.78 is 0. The van der Waals surface area contributed by atoms with Crippen molar-refractivity contribution in [2.45, 2.75) is 26.3 Å². The number of nitrogens with one attached hydrogen (secondary N) is 1. The Morgan fingerprint density at radius 1 is 1.37 bits per heavy atom. The molecule has 0 radical (unpaired) electrons. The largest absolute Gasteiger partial charge is 0.508 e. The number of benzene rings is 1. The summed E-state index contributed by atoms with van der Waals surface area (Å²) in [4.78, 5) is 23.0. The lowest BCUT2D eigenvalue weighted by Gasteiger charge is -2.16. The van der Waals surface area contributed by atoms with E-state index in [0.29, 0.717) is 6.42 Å². The Morgan fingerprint density at radius 2 is 2.00 bits per heavy atom. The molecule has 0 aliphatic heterocycles. The summed E-state index contributed by atoms with van der Waals surface area (Å²) in [6.07, 6.45) is 0.317. The number of aliphatic carboxylic acids is 1. The van der Waals surface area contributed by atoms with Crippen molar-refractivity contribution in [1.29, 1.82) is 0 Å². The highest BCUT2D eigenvalue weighted by Crippen LogP contribution is 2.21. The average Bonchev–Trinajstić information content (AvgIpc) is 2.30. The van der Waals surface area contributed by atoms with Crippen LogP contribution in [0.2, 0.25) is 5.02 Å². The topological polar surface area (TPSA) is 86.6 Å². The lowest BCUT2D eigenvalue weighted by Crippen LogP contribution is -2.41. The molecule has 1 atom stereocenters. The highest BCUT2D eigenvalue weighted by Gasteiger charge is 2.22. The molecule has 5 nitrogen and oxygen atoms in total. The number of carboxylic acids is 1. The van der Waals surface area contributed by atoms with Gasteiger partial charge < -0.3 is 15.5 Å². The number of aromatic hydroxyl groups is 1. The van der Waals surface area contributed by atoms with Crippen LogP contribution in [0.25, 0.3) is 0 Å². The molecule has 0 bridgehead atoms. The monoisotopic (exact) mass is 285 g/mol. The number of carboxylic acid groups (broad SMARTS) is 1. The zero-order valence-electron chi connectivity index (χ0n) is 10.7. The van der Waals surface area contributed by atoms with Gasteiger partial charge in [0.1, 0.15) is 11.8 Å². The fraction of sp³-hybridized carbons (Fsp3) is 0.385. The number of amides is 1. The molecule has 0 fully saturated rings. The molecule has 1 unspecified atom stereocenters. The van der Waals surface area contributed by atoms with Gasteiger partial charge in [-0.1, -0.05) is 25.4 Å². The molecule has 0 aliphatic carbocycles. The Hall–Kier alpha value is -1.75. The van der Waals surface area contributed by atoms with Gasteiger partial charge in [0.25, 0.3) is 5.91 Å². The third-order valence-electron chi connectivity index (χ3n) is 2.51. The number of phenols is 1. The van der Waals surface area contributed by atoms with Crippen LogP contribution in [0.5, 0.6) is 5.75 Å². The van der Waals surface area contributed by atoms with Gasteiger partial charge in [-0.15, -0.1) is 0 Å². The van der Waals surface area contributed by atoms with Crippen molar-refractivity contribution >= 4 is 23.5 Å². The van der Waals surface area contributed by atoms with Gasteiger partial charge in [-0.25, -0.2) is 4.79 Å². The maximum Gasteiger partial charge on any atom is 0.326 e. The van der Waals surface area contributed by atoms with Gasteiger partial charge in [0, 0.05) is 0 Å². The minimum absolute atomic E-state index is 0.0525. The molecule has 104 valence electrons. The van der Waals surface area contributed by atoms with Crippen molar-refractivity contribution in [3.63, 3.8) is 0 Å². The minimum atomic E-state index is -1.10. The predicted octanol–water partition coefficient (Wildman–Crippen LogP) is 2.27. The van der Waals surface area contributed by atoms with Crippen LogP contribution >= 0.6 is 11.6 Å². The maximum atomic E-state index is 11.9. The predicted molar refractivity (Wildman–Crippen MR) is 71.5 cm³/mol. The van der Waals surface area contributed by atoms with Crippen molar-refractivity contribution in [1.82, 2.24) is 5.32 Å². The van der Waals surface area contributed by atoms with Crippen LogP contribution in [-0.2, 0) is 4.79 Å². The molecule has 1 amide bonds. The number of hydrogen-bond acceptors (Lipinski definition) is 3. The Balaban J connectivity index is 2.87. The average molecular weight is 286 g/mol. The molecule has 3 N–H and O–H groups in total. The molecule has 0 saturated heterocycles. The Bertz CT molecular complexity index is 488. The van der Waals surface area contributed by atoms with E-state index < -0.39 is 17.9 Å². The van der Waals surface area contributed by atoms with E-state index in [1.54, 1.807) is 0 Å². The van der Waals surface area contributed by atoms with Crippen LogP contribution in [0.15, 0.2) is 18.2 Å². The van der Waals surface area contributed by atoms with Crippen LogP contribution in [0, 0.1) is 5.92 Å². The van der Waals surface area contributed by atoms with Gasteiger partial charge in [0.2, 0.25) is 0 Å². The van der Waals surface area contributed by atoms with E-state index in [-0.39, 0.29) is 22.3 Å². The van der Waals surface area contributed by atoms with E-state index in [9.17, 15) is 14.7 Å². The second-order valence-corrected chi connectivity index (χ2v) is 5.07. The van der Waals surface area contributed by atoms with Crippen LogP contribution < -0.4 is 5.32 Å². The molecule has 1 rings (SSSR count). The molecule has 0 aliphatic rings. The third-order valence-corrected chi connectivity index (χ3v) is 2.83. The molecule has 0 aromatic heterocycles. The quantitative estimate of drug-likeness (QED) is 0.774. The summed E-state index contributed by atoms with van der Waals surface area (Å²) in [6.45, 7) is 3.73. The Morgan fingerprint density at radius 3 is 2.53 bits per heavy atom. The van der Waals surface area contributed by atoms with E-state index in [1.165, 1.54) is 18.2 Å². The minimum Gasteiger partial charge on any atom is -0.508 e. The van der Waals surface area contributed by atoms with Crippen molar-refractivity contribution in [2.24, 2.45) is 5.92 Å².